The maximum atomic E-state index is 12.2. The zero-order valence-electron chi connectivity index (χ0n) is 14.1. The average molecular weight is 345 g/mol. The maximum Gasteiger partial charge on any atom is 0.261 e. The van der Waals surface area contributed by atoms with Crippen LogP contribution in [0.2, 0.25) is 0 Å². The monoisotopic (exact) mass is 345 g/mol. The summed E-state index contributed by atoms with van der Waals surface area (Å²) in [5.74, 6) is 0.286. The molecule has 2 aromatic rings. The molecule has 24 heavy (non-hydrogen) atoms. The number of aryl methyl sites for hydroxylation is 2. The molecule has 1 aliphatic rings. The number of piperidine rings is 1. The van der Waals surface area contributed by atoms with E-state index in [2.05, 4.69) is 15.2 Å². The number of aromatic nitrogens is 1. The SMILES string of the molecule is Cc1ccc(O)c(CN2CCC(NC(=O)c3ccc(C)s3)CC2)n1. The molecule has 0 bridgehead atoms. The van der Waals surface area contributed by atoms with Crippen LogP contribution in [0.4, 0.5) is 0 Å². The van der Waals surface area contributed by atoms with Gasteiger partial charge in [0.2, 0.25) is 0 Å². The molecule has 0 saturated carbocycles. The fourth-order valence-corrected chi connectivity index (χ4v) is 3.75. The van der Waals surface area contributed by atoms with Crippen molar-refractivity contribution in [3.05, 3.63) is 45.4 Å². The highest BCUT2D eigenvalue weighted by molar-refractivity contribution is 7.13. The van der Waals surface area contributed by atoms with Crippen LogP contribution in [0.15, 0.2) is 24.3 Å². The Labute approximate surface area is 146 Å². The van der Waals surface area contributed by atoms with E-state index in [1.54, 1.807) is 6.07 Å². The van der Waals surface area contributed by atoms with Crippen molar-refractivity contribution < 1.29 is 9.90 Å². The summed E-state index contributed by atoms with van der Waals surface area (Å²) < 4.78 is 0. The number of amides is 1. The van der Waals surface area contributed by atoms with Gasteiger partial charge in [-0.25, -0.2) is 0 Å². The summed E-state index contributed by atoms with van der Waals surface area (Å²) in [6, 6.07) is 7.59. The Kier molecular flexibility index (Phi) is 5.16. The number of pyridine rings is 1. The van der Waals surface area contributed by atoms with Gasteiger partial charge in [0, 0.05) is 36.2 Å². The van der Waals surface area contributed by atoms with E-state index in [0.29, 0.717) is 6.54 Å². The highest BCUT2D eigenvalue weighted by atomic mass is 32.1. The Morgan fingerprint density at radius 2 is 2.04 bits per heavy atom. The third-order valence-electron chi connectivity index (χ3n) is 4.35. The van der Waals surface area contributed by atoms with Gasteiger partial charge >= 0.3 is 0 Å². The lowest BCUT2D eigenvalue weighted by Gasteiger charge is -2.32. The van der Waals surface area contributed by atoms with Crippen LogP contribution in [0.25, 0.3) is 0 Å². The van der Waals surface area contributed by atoms with Crippen molar-refractivity contribution in [2.45, 2.75) is 39.3 Å². The predicted molar refractivity (Wildman–Crippen MR) is 95.5 cm³/mol. The van der Waals surface area contributed by atoms with E-state index in [9.17, 15) is 9.90 Å². The fraction of sp³-hybridized carbons (Fsp3) is 0.444. The van der Waals surface area contributed by atoms with Crippen molar-refractivity contribution >= 4 is 17.2 Å². The Balaban J connectivity index is 1.50. The van der Waals surface area contributed by atoms with Gasteiger partial charge in [-0.05, 0) is 51.0 Å². The van der Waals surface area contributed by atoms with Gasteiger partial charge in [0.1, 0.15) is 5.75 Å². The first-order valence-electron chi connectivity index (χ1n) is 8.26. The lowest BCUT2D eigenvalue weighted by molar-refractivity contribution is 0.0912. The molecule has 3 heterocycles. The van der Waals surface area contributed by atoms with Gasteiger partial charge in [0.05, 0.1) is 10.6 Å². The minimum atomic E-state index is 0.0320. The molecular weight excluding hydrogens is 322 g/mol. The number of nitrogens with one attached hydrogen (secondary N) is 1. The highest BCUT2D eigenvalue weighted by Gasteiger charge is 2.22. The van der Waals surface area contributed by atoms with Crippen LogP contribution in [-0.2, 0) is 6.54 Å². The molecule has 5 nitrogen and oxygen atoms in total. The minimum Gasteiger partial charge on any atom is -0.506 e. The van der Waals surface area contributed by atoms with Crippen LogP contribution < -0.4 is 5.32 Å². The normalized spacial score (nSPS) is 16.2. The molecule has 2 aromatic heterocycles. The standard InChI is InChI=1S/C18H23N3O2S/c1-12-3-5-16(22)15(19-12)11-21-9-7-14(8-10-21)20-18(23)17-6-4-13(2)24-17/h3-6,14,22H,7-11H2,1-2H3,(H,20,23). The van der Waals surface area contributed by atoms with Crippen molar-refractivity contribution in [1.82, 2.24) is 15.2 Å². The van der Waals surface area contributed by atoms with Gasteiger partial charge in [0.25, 0.3) is 5.91 Å². The number of aromatic hydroxyl groups is 1. The molecule has 0 radical (unpaired) electrons. The maximum absolute atomic E-state index is 12.2. The predicted octanol–water partition coefficient (Wildman–Crippen LogP) is 2.86. The average Bonchev–Trinajstić information content (AvgIpc) is 2.99. The number of hydrogen-bond acceptors (Lipinski definition) is 5. The van der Waals surface area contributed by atoms with Crippen molar-refractivity contribution in [2.24, 2.45) is 0 Å². The molecule has 3 rings (SSSR count). The third-order valence-corrected chi connectivity index (χ3v) is 5.35. The van der Waals surface area contributed by atoms with Crippen LogP contribution in [-0.4, -0.2) is 40.0 Å². The third kappa shape index (κ3) is 4.13. The molecule has 2 N–H and O–H groups in total. The van der Waals surface area contributed by atoms with Crippen LogP contribution >= 0.6 is 11.3 Å². The van der Waals surface area contributed by atoms with E-state index in [1.807, 2.05) is 32.0 Å². The summed E-state index contributed by atoms with van der Waals surface area (Å²) in [5.41, 5.74) is 1.64. The second kappa shape index (κ2) is 7.32. The lowest BCUT2D eigenvalue weighted by Crippen LogP contribution is -2.44. The van der Waals surface area contributed by atoms with E-state index < -0.39 is 0 Å². The highest BCUT2D eigenvalue weighted by Crippen LogP contribution is 2.20. The minimum absolute atomic E-state index is 0.0320. The molecule has 0 spiro atoms. The van der Waals surface area contributed by atoms with Crippen LogP contribution in [0.3, 0.4) is 0 Å². The smallest absolute Gasteiger partial charge is 0.261 e. The number of rotatable bonds is 4. The largest absolute Gasteiger partial charge is 0.506 e. The van der Waals surface area contributed by atoms with E-state index in [1.165, 1.54) is 11.3 Å². The summed E-state index contributed by atoms with van der Waals surface area (Å²) in [5, 5.41) is 13.1. The molecule has 128 valence electrons. The number of hydrogen-bond donors (Lipinski definition) is 2. The summed E-state index contributed by atoms with van der Waals surface area (Å²) in [4.78, 5) is 20.9. The summed E-state index contributed by atoms with van der Waals surface area (Å²) in [7, 11) is 0. The van der Waals surface area contributed by atoms with Crippen molar-refractivity contribution in [3.8, 4) is 5.75 Å². The molecule has 0 aromatic carbocycles. The Hall–Kier alpha value is -1.92. The van der Waals surface area contributed by atoms with Gasteiger partial charge in [-0.2, -0.15) is 0 Å². The first-order chi connectivity index (χ1) is 11.5. The Morgan fingerprint density at radius 1 is 1.29 bits per heavy atom. The lowest BCUT2D eigenvalue weighted by atomic mass is 10.0. The zero-order chi connectivity index (χ0) is 17.1. The summed E-state index contributed by atoms with van der Waals surface area (Å²) >= 11 is 1.53. The molecule has 6 heteroatoms. The molecule has 1 amide bonds. The van der Waals surface area contributed by atoms with Crippen molar-refractivity contribution in [2.75, 3.05) is 13.1 Å². The summed E-state index contributed by atoms with van der Waals surface area (Å²) in [6.45, 7) is 6.37. The summed E-state index contributed by atoms with van der Waals surface area (Å²) in [6.07, 6.45) is 1.84. The van der Waals surface area contributed by atoms with E-state index in [4.69, 9.17) is 0 Å². The number of carbonyl (C=O) groups excluding carboxylic acids is 1. The van der Waals surface area contributed by atoms with Gasteiger partial charge in [-0.15, -0.1) is 11.3 Å². The van der Waals surface area contributed by atoms with Gasteiger partial charge in [-0.3, -0.25) is 14.7 Å². The van der Waals surface area contributed by atoms with Crippen LogP contribution in [0.5, 0.6) is 5.75 Å². The number of likely N-dealkylation sites (tertiary alicyclic amines) is 1. The van der Waals surface area contributed by atoms with Gasteiger partial charge < -0.3 is 10.4 Å². The fourth-order valence-electron chi connectivity index (χ4n) is 2.98. The Morgan fingerprint density at radius 3 is 2.71 bits per heavy atom. The molecule has 0 aliphatic carbocycles. The number of thiophene rings is 1. The van der Waals surface area contributed by atoms with E-state index in [-0.39, 0.29) is 17.7 Å². The molecule has 1 saturated heterocycles. The van der Waals surface area contributed by atoms with Crippen LogP contribution in [0, 0.1) is 13.8 Å². The first-order valence-corrected chi connectivity index (χ1v) is 9.08. The van der Waals surface area contributed by atoms with Crippen molar-refractivity contribution in [3.63, 3.8) is 0 Å². The second-order valence-corrected chi connectivity index (χ2v) is 7.64. The van der Waals surface area contributed by atoms with Crippen LogP contribution in [0.1, 0.15) is 38.8 Å². The topological polar surface area (TPSA) is 65.5 Å². The first kappa shape index (κ1) is 16.9. The molecule has 0 atom stereocenters. The molecule has 1 fully saturated rings. The Bertz CT molecular complexity index is 721. The molecular formula is C18H23N3O2S. The molecule has 0 unspecified atom stereocenters. The van der Waals surface area contributed by atoms with Crippen molar-refractivity contribution in [1.29, 1.82) is 0 Å². The van der Waals surface area contributed by atoms with E-state index in [0.717, 1.165) is 47.1 Å². The zero-order valence-corrected chi connectivity index (χ0v) is 14.9. The number of carbonyl (C=O) groups is 1. The van der Waals surface area contributed by atoms with Gasteiger partial charge in [-0.1, -0.05) is 0 Å². The van der Waals surface area contributed by atoms with Gasteiger partial charge in [0.15, 0.2) is 0 Å². The number of nitrogens with zero attached hydrogens (tertiary/aromatic N) is 2. The second-order valence-electron chi connectivity index (χ2n) is 6.35. The quantitative estimate of drug-likeness (QED) is 0.894. The van der Waals surface area contributed by atoms with E-state index >= 15 is 0 Å². The molecule has 1 aliphatic heterocycles.